The summed E-state index contributed by atoms with van der Waals surface area (Å²) in [5, 5.41) is 3.39. The number of nitrogens with zero attached hydrogens (tertiary/aromatic N) is 1. The Morgan fingerprint density at radius 3 is 2.67 bits per heavy atom. The fourth-order valence-electron chi connectivity index (χ4n) is 2.55. The largest absolute Gasteiger partial charge is 0.352 e. The van der Waals surface area contributed by atoms with Crippen LogP contribution in [-0.4, -0.2) is 15.9 Å². The first-order valence-corrected chi connectivity index (χ1v) is 7.98. The molecular formula is C19H19N3O2. The van der Waals surface area contributed by atoms with Crippen LogP contribution in [-0.2, 0) is 24.2 Å². The van der Waals surface area contributed by atoms with Gasteiger partial charge < -0.3 is 10.3 Å². The third-order valence-electron chi connectivity index (χ3n) is 3.89. The van der Waals surface area contributed by atoms with Gasteiger partial charge in [-0.1, -0.05) is 43.3 Å². The molecule has 0 unspecified atom stereocenters. The van der Waals surface area contributed by atoms with Crippen molar-refractivity contribution in [2.75, 3.05) is 0 Å². The number of aromatic amines is 1. The molecule has 1 amide bonds. The number of hydrogen-bond acceptors (Lipinski definition) is 3. The SMILES string of the molecule is CCc1ccc2nc(CC(=O)NCc3ccccc3)[nH]c(=O)c2c1. The first kappa shape index (κ1) is 15.9. The summed E-state index contributed by atoms with van der Waals surface area (Å²) < 4.78 is 0. The zero-order valence-electron chi connectivity index (χ0n) is 13.5. The molecular weight excluding hydrogens is 302 g/mol. The van der Waals surface area contributed by atoms with E-state index in [2.05, 4.69) is 15.3 Å². The van der Waals surface area contributed by atoms with Gasteiger partial charge in [0.25, 0.3) is 5.56 Å². The Kier molecular flexibility index (Phi) is 4.70. The Morgan fingerprint density at radius 2 is 1.92 bits per heavy atom. The molecule has 0 aliphatic rings. The number of carbonyl (C=O) groups excluding carboxylic acids is 1. The van der Waals surface area contributed by atoms with Crippen LogP contribution in [0.3, 0.4) is 0 Å². The minimum atomic E-state index is -0.207. The highest BCUT2D eigenvalue weighted by Crippen LogP contribution is 2.11. The number of benzene rings is 2. The van der Waals surface area contributed by atoms with Gasteiger partial charge in [0, 0.05) is 6.54 Å². The molecule has 2 N–H and O–H groups in total. The maximum Gasteiger partial charge on any atom is 0.258 e. The number of aryl methyl sites for hydroxylation is 1. The second kappa shape index (κ2) is 7.08. The van der Waals surface area contributed by atoms with Crippen LogP contribution in [0, 0.1) is 0 Å². The van der Waals surface area contributed by atoms with Gasteiger partial charge in [0.2, 0.25) is 5.91 Å². The van der Waals surface area contributed by atoms with Gasteiger partial charge in [0.15, 0.2) is 0 Å². The Morgan fingerprint density at radius 1 is 1.12 bits per heavy atom. The molecule has 0 radical (unpaired) electrons. The van der Waals surface area contributed by atoms with E-state index in [9.17, 15) is 9.59 Å². The van der Waals surface area contributed by atoms with Crippen LogP contribution >= 0.6 is 0 Å². The number of amides is 1. The normalized spacial score (nSPS) is 10.7. The molecule has 24 heavy (non-hydrogen) atoms. The highest BCUT2D eigenvalue weighted by Gasteiger charge is 2.09. The summed E-state index contributed by atoms with van der Waals surface area (Å²) >= 11 is 0. The summed E-state index contributed by atoms with van der Waals surface area (Å²) in [5.74, 6) is 0.203. The predicted molar refractivity (Wildman–Crippen MR) is 93.7 cm³/mol. The highest BCUT2D eigenvalue weighted by atomic mass is 16.1. The van der Waals surface area contributed by atoms with Gasteiger partial charge in [-0.25, -0.2) is 4.98 Å². The van der Waals surface area contributed by atoms with Gasteiger partial charge in [-0.15, -0.1) is 0 Å². The highest BCUT2D eigenvalue weighted by molar-refractivity contribution is 5.80. The van der Waals surface area contributed by atoms with Crippen LogP contribution in [0.1, 0.15) is 23.9 Å². The monoisotopic (exact) mass is 321 g/mol. The van der Waals surface area contributed by atoms with Crippen LogP contribution in [0.2, 0.25) is 0 Å². The molecule has 0 atom stereocenters. The van der Waals surface area contributed by atoms with Crippen molar-refractivity contribution in [2.45, 2.75) is 26.3 Å². The average Bonchev–Trinajstić information content (AvgIpc) is 2.60. The molecule has 5 nitrogen and oxygen atoms in total. The van der Waals surface area contributed by atoms with Crippen LogP contribution in [0.15, 0.2) is 53.3 Å². The first-order valence-electron chi connectivity index (χ1n) is 7.98. The number of hydrogen-bond donors (Lipinski definition) is 2. The molecule has 3 rings (SSSR count). The summed E-state index contributed by atoms with van der Waals surface area (Å²) in [6.07, 6.45) is 0.909. The van der Waals surface area contributed by atoms with E-state index in [1.165, 1.54) is 0 Å². The zero-order valence-corrected chi connectivity index (χ0v) is 13.5. The lowest BCUT2D eigenvalue weighted by atomic mass is 10.1. The predicted octanol–water partition coefficient (Wildman–Crippen LogP) is 2.34. The second-order valence-corrected chi connectivity index (χ2v) is 5.66. The lowest BCUT2D eigenvalue weighted by molar-refractivity contribution is -0.120. The van der Waals surface area contributed by atoms with E-state index >= 15 is 0 Å². The molecule has 0 saturated heterocycles. The molecule has 3 aromatic rings. The molecule has 0 bridgehead atoms. The smallest absolute Gasteiger partial charge is 0.258 e. The van der Waals surface area contributed by atoms with E-state index in [0.717, 1.165) is 17.5 Å². The topological polar surface area (TPSA) is 74.8 Å². The van der Waals surface area contributed by atoms with Crippen LogP contribution in [0.4, 0.5) is 0 Å². The summed E-state index contributed by atoms with van der Waals surface area (Å²) in [4.78, 5) is 31.4. The average molecular weight is 321 g/mol. The van der Waals surface area contributed by atoms with Crippen molar-refractivity contribution >= 4 is 16.8 Å². The lowest BCUT2D eigenvalue weighted by Crippen LogP contribution is -2.26. The van der Waals surface area contributed by atoms with Crippen molar-refractivity contribution < 1.29 is 4.79 Å². The summed E-state index contributed by atoms with van der Waals surface area (Å²) in [7, 11) is 0. The maximum absolute atomic E-state index is 12.2. The molecule has 0 aliphatic heterocycles. The van der Waals surface area contributed by atoms with E-state index in [4.69, 9.17) is 0 Å². The fourth-order valence-corrected chi connectivity index (χ4v) is 2.55. The Balaban J connectivity index is 1.73. The molecule has 122 valence electrons. The van der Waals surface area contributed by atoms with Crippen LogP contribution < -0.4 is 10.9 Å². The molecule has 0 fully saturated rings. The van der Waals surface area contributed by atoms with Crippen molar-refractivity contribution in [3.8, 4) is 0 Å². The van der Waals surface area contributed by atoms with Crippen molar-refractivity contribution in [1.29, 1.82) is 0 Å². The van der Waals surface area contributed by atoms with E-state index in [1.807, 2.05) is 55.5 Å². The van der Waals surface area contributed by atoms with Crippen molar-refractivity contribution in [3.05, 3.63) is 75.8 Å². The molecule has 2 aromatic carbocycles. The third-order valence-corrected chi connectivity index (χ3v) is 3.89. The number of carbonyl (C=O) groups is 1. The van der Waals surface area contributed by atoms with Crippen LogP contribution in [0.5, 0.6) is 0 Å². The fraction of sp³-hybridized carbons (Fsp3) is 0.211. The molecule has 5 heteroatoms. The maximum atomic E-state index is 12.2. The molecule has 1 aromatic heterocycles. The Labute approximate surface area is 139 Å². The number of fused-ring (bicyclic) bond motifs is 1. The van der Waals surface area contributed by atoms with E-state index in [-0.39, 0.29) is 17.9 Å². The van der Waals surface area contributed by atoms with Crippen molar-refractivity contribution in [2.24, 2.45) is 0 Å². The first-order chi connectivity index (χ1) is 11.7. The van der Waals surface area contributed by atoms with Gasteiger partial charge in [-0.3, -0.25) is 9.59 Å². The molecule has 0 saturated carbocycles. The van der Waals surface area contributed by atoms with Gasteiger partial charge in [0.1, 0.15) is 5.82 Å². The Hall–Kier alpha value is -2.95. The van der Waals surface area contributed by atoms with E-state index in [0.29, 0.717) is 23.3 Å². The van der Waals surface area contributed by atoms with Gasteiger partial charge in [0.05, 0.1) is 17.3 Å². The molecule has 0 aliphatic carbocycles. The van der Waals surface area contributed by atoms with Crippen molar-refractivity contribution in [1.82, 2.24) is 15.3 Å². The minimum Gasteiger partial charge on any atom is -0.352 e. The number of nitrogens with one attached hydrogen (secondary N) is 2. The number of aromatic nitrogens is 2. The Bertz CT molecular complexity index is 917. The number of H-pyrrole nitrogens is 1. The second-order valence-electron chi connectivity index (χ2n) is 5.66. The summed E-state index contributed by atoms with van der Waals surface area (Å²) in [5.41, 5.74) is 2.52. The third kappa shape index (κ3) is 3.68. The summed E-state index contributed by atoms with van der Waals surface area (Å²) in [6.45, 7) is 2.49. The van der Waals surface area contributed by atoms with Gasteiger partial charge in [-0.05, 0) is 29.7 Å². The van der Waals surface area contributed by atoms with Crippen LogP contribution in [0.25, 0.3) is 10.9 Å². The van der Waals surface area contributed by atoms with Gasteiger partial charge >= 0.3 is 0 Å². The van der Waals surface area contributed by atoms with Crippen molar-refractivity contribution in [3.63, 3.8) is 0 Å². The van der Waals surface area contributed by atoms with E-state index in [1.54, 1.807) is 0 Å². The summed E-state index contributed by atoms with van der Waals surface area (Å²) in [6, 6.07) is 15.3. The van der Waals surface area contributed by atoms with Gasteiger partial charge in [-0.2, -0.15) is 0 Å². The quantitative estimate of drug-likeness (QED) is 0.757. The minimum absolute atomic E-state index is 0.0491. The van der Waals surface area contributed by atoms with E-state index < -0.39 is 0 Å². The zero-order chi connectivity index (χ0) is 16.9. The standard InChI is InChI=1S/C19H19N3O2/c1-2-13-8-9-16-15(10-13)19(24)22-17(21-16)11-18(23)20-12-14-6-4-3-5-7-14/h3-10H,2,11-12H2,1H3,(H,20,23)(H,21,22,24). The molecule has 0 spiro atoms. The lowest BCUT2D eigenvalue weighted by Gasteiger charge is -2.06. The number of rotatable bonds is 5. The molecule has 1 heterocycles.